The molecule has 3 atom stereocenters. The molecule has 0 aliphatic heterocycles. The second kappa shape index (κ2) is 13.4. The van der Waals surface area contributed by atoms with Gasteiger partial charge in [0, 0.05) is 6.54 Å². The summed E-state index contributed by atoms with van der Waals surface area (Å²) in [5, 5.41) is 16.8. The first-order chi connectivity index (χ1) is 13.9. The molecule has 0 aliphatic carbocycles. The second-order valence-corrected chi connectivity index (χ2v) is 7.57. The van der Waals surface area contributed by atoms with Crippen LogP contribution < -0.4 is 33.2 Å². The number of hydrogen-bond acceptors (Lipinski definition) is 6. The molecule has 30 heavy (non-hydrogen) atoms. The van der Waals surface area contributed by atoms with Crippen LogP contribution in [0.3, 0.4) is 0 Å². The van der Waals surface area contributed by atoms with Gasteiger partial charge < -0.3 is 38.3 Å². The minimum absolute atomic E-state index is 0.0864. The average Bonchev–Trinajstić information content (AvgIpc) is 2.64. The number of nitrogens with one attached hydrogen (secondary N) is 3. The summed E-state index contributed by atoms with van der Waals surface area (Å²) in [7, 11) is 0. The summed E-state index contributed by atoms with van der Waals surface area (Å²) in [5.41, 5.74) is 15.8. The molecule has 0 rings (SSSR count). The number of aliphatic imine (C=N–C) groups is 1. The highest BCUT2D eigenvalue weighted by molar-refractivity contribution is 5.93. The fraction of sp³-hybridized carbons (Fsp3) is 0.722. The molecule has 0 fully saturated rings. The lowest BCUT2D eigenvalue weighted by Crippen LogP contribution is -2.58. The van der Waals surface area contributed by atoms with Crippen molar-refractivity contribution in [2.45, 2.75) is 58.7 Å². The Labute approximate surface area is 176 Å². The highest BCUT2D eigenvalue weighted by atomic mass is 16.4. The molecule has 0 radical (unpaired) electrons. The number of carboxylic acid groups (broad SMARTS) is 1. The van der Waals surface area contributed by atoms with Crippen LogP contribution in [0.15, 0.2) is 4.99 Å². The zero-order chi connectivity index (χ0) is 23.4. The van der Waals surface area contributed by atoms with E-state index in [4.69, 9.17) is 17.2 Å². The third-order valence-corrected chi connectivity index (χ3v) is 4.26. The van der Waals surface area contributed by atoms with E-state index >= 15 is 0 Å². The van der Waals surface area contributed by atoms with Crippen molar-refractivity contribution in [3.63, 3.8) is 0 Å². The van der Waals surface area contributed by atoms with Gasteiger partial charge in [-0.25, -0.2) is 4.79 Å². The lowest BCUT2D eigenvalue weighted by molar-refractivity contribution is -0.143. The number of rotatable bonds is 13. The maximum Gasteiger partial charge on any atom is 0.326 e. The molecular formula is C18H35N7O5. The van der Waals surface area contributed by atoms with Gasteiger partial charge in [0.25, 0.3) is 0 Å². The van der Waals surface area contributed by atoms with Gasteiger partial charge in [-0.2, -0.15) is 0 Å². The van der Waals surface area contributed by atoms with Crippen LogP contribution in [-0.2, 0) is 19.2 Å². The first kappa shape index (κ1) is 27.1. The van der Waals surface area contributed by atoms with Crippen molar-refractivity contribution in [3.8, 4) is 0 Å². The molecule has 0 spiro atoms. The Morgan fingerprint density at radius 2 is 1.43 bits per heavy atom. The van der Waals surface area contributed by atoms with E-state index < -0.39 is 41.8 Å². The second-order valence-electron chi connectivity index (χ2n) is 7.57. The van der Waals surface area contributed by atoms with Crippen LogP contribution in [0.25, 0.3) is 0 Å². The van der Waals surface area contributed by atoms with E-state index in [9.17, 15) is 24.3 Å². The highest BCUT2D eigenvalue weighted by Gasteiger charge is 2.32. The SMILES string of the molecule is CC(C)C(NC(=O)C(NC(=O)C(CCCN=C(N)N)NC(=O)CN)C(C)C)C(=O)O. The first-order valence-electron chi connectivity index (χ1n) is 9.79. The van der Waals surface area contributed by atoms with Crippen LogP contribution in [0.5, 0.6) is 0 Å². The predicted molar refractivity (Wildman–Crippen MR) is 112 cm³/mol. The number of amides is 3. The average molecular weight is 430 g/mol. The molecule has 172 valence electrons. The number of nitrogens with two attached hydrogens (primary N) is 3. The lowest BCUT2D eigenvalue weighted by atomic mass is 9.99. The fourth-order valence-electron chi connectivity index (χ4n) is 2.57. The number of carboxylic acids is 1. The predicted octanol–water partition coefficient (Wildman–Crippen LogP) is -2.15. The van der Waals surface area contributed by atoms with E-state index in [0.29, 0.717) is 6.42 Å². The fourth-order valence-corrected chi connectivity index (χ4v) is 2.57. The van der Waals surface area contributed by atoms with Crippen molar-refractivity contribution in [3.05, 3.63) is 0 Å². The molecule has 0 aliphatic rings. The summed E-state index contributed by atoms with van der Waals surface area (Å²) in [6.45, 7) is 6.70. The van der Waals surface area contributed by atoms with Gasteiger partial charge in [0.1, 0.15) is 18.1 Å². The smallest absolute Gasteiger partial charge is 0.326 e. The molecule has 0 saturated carbocycles. The van der Waals surface area contributed by atoms with Crippen molar-refractivity contribution in [1.29, 1.82) is 0 Å². The lowest BCUT2D eigenvalue weighted by Gasteiger charge is -2.27. The third kappa shape index (κ3) is 10.0. The molecule has 0 bridgehead atoms. The van der Waals surface area contributed by atoms with Crippen molar-refractivity contribution in [1.82, 2.24) is 16.0 Å². The number of nitrogens with zero attached hydrogens (tertiary/aromatic N) is 1. The number of hydrogen-bond donors (Lipinski definition) is 7. The molecular weight excluding hydrogens is 394 g/mol. The Balaban J connectivity index is 5.28. The molecule has 0 heterocycles. The van der Waals surface area contributed by atoms with Crippen LogP contribution in [0.1, 0.15) is 40.5 Å². The van der Waals surface area contributed by atoms with Crippen molar-refractivity contribution in [2.24, 2.45) is 34.0 Å². The van der Waals surface area contributed by atoms with Crippen LogP contribution in [0, 0.1) is 11.8 Å². The normalized spacial score (nSPS) is 13.8. The van der Waals surface area contributed by atoms with Crippen molar-refractivity contribution >= 4 is 29.7 Å². The van der Waals surface area contributed by atoms with Crippen molar-refractivity contribution in [2.75, 3.05) is 13.1 Å². The number of carbonyl (C=O) groups is 4. The molecule has 0 aromatic rings. The molecule has 0 saturated heterocycles. The minimum atomic E-state index is -1.17. The van der Waals surface area contributed by atoms with Gasteiger partial charge in [-0.05, 0) is 24.7 Å². The minimum Gasteiger partial charge on any atom is -0.480 e. The third-order valence-electron chi connectivity index (χ3n) is 4.26. The van der Waals surface area contributed by atoms with E-state index in [1.165, 1.54) is 0 Å². The van der Waals surface area contributed by atoms with Gasteiger partial charge in [0.05, 0.1) is 6.54 Å². The maximum atomic E-state index is 12.7. The first-order valence-corrected chi connectivity index (χ1v) is 9.79. The molecule has 12 nitrogen and oxygen atoms in total. The van der Waals surface area contributed by atoms with E-state index in [0.717, 1.165) is 0 Å². The molecule has 0 aromatic carbocycles. The molecule has 10 N–H and O–H groups in total. The van der Waals surface area contributed by atoms with E-state index in [1.54, 1.807) is 27.7 Å². The van der Waals surface area contributed by atoms with E-state index in [1.807, 2.05) is 0 Å². The van der Waals surface area contributed by atoms with Gasteiger partial charge >= 0.3 is 5.97 Å². The van der Waals surface area contributed by atoms with Crippen LogP contribution in [0.2, 0.25) is 0 Å². The number of aliphatic carboxylic acids is 1. The Bertz CT molecular complexity index is 632. The summed E-state index contributed by atoms with van der Waals surface area (Å²) in [6, 6.07) is -3.04. The van der Waals surface area contributed by atoms with E-state index in [2.05, 4.69) is 20.9 Å². The zero-order valence-corrected chi connectivity index (χ0v) is 18.0. The largest absolute Gasteiger partial charge is 0.480 e. The van der Waals surface area contributed by atoms with Gasteiger partial charge in [-0.3, -0.25) is 19.4 Å². The molecule has 3 unspecified atom stereocenters. The standard InChI is InChI=1S/C18H35N7O5/c1-9(2)13(16(28)25-14(10(3)4)17(29)30)24-15(27)11(23-12(26)8-19)6-5-7-22-18(20)21/h9-11,13-14H,5-8,19H2,1-4H3,(H,23,26)(H,24,27)(H,25,28)(H,29,30)(H4,20,21,22). The van der Waals surface area contributed by atoms with Crippen LogP contribution in [-0.4, -0.2) is 66.0 Å². The van der Waals surface area contributed by atoms with Gasteiger partial charge in [-0.15, -0.1) is 0 Å². The molecule has 3 amide bonds. The molecule has 12 heteroatoms. The quantitative estimate of drug-likeness (QED) is 0.0970. The van der Waals surface area contributed by atoms with Gasteiger partial charge in [0.2, 0.25) is 17.7 Å². The Hall–Kier alpha value is -2.89. The monoisotopic (exact) mass is 429 g/mol. The van der Waals surface area contributed by atoms with Crippen LogP contribution in [0.4, 0.5) is 0 Å². The summed E-state index contributed by atoms with van der Waals surface area (Å²) >= 11 is 0. The summed E-state index contributed by atoms with van der Waals surface area (Å²) in [6.07, 6.45) is 0.609. The van der Waals surface area contributed by atoms with Gasteiger partial charge in [0.15, 0.2) is 5.96 Å². The van der Waals surface area contributed by atoms with Crippen molar-refractivity contribution < 1.29 is 24.3 Å². The molecule has 0 aromatic heterocycles. The number of guanidine groups is 1. The summed E-state index contributed by atoms with van der Waals surface area (Å²) in [4.78, 5) is 52.2. The summed E-state index contributed by atoms with van der Waals surface area (Å²) < 4.78 is 0. The Morgan fingerprint density at radius 1 is 0.900 bits per heavy atom. The Kier molecular flexibility index (Phi) is 12.1. The highest BCUT2D eigenvalue weighted by Crippen LogP contribution is 2.08. The van der Waals surface area contributed by atoms with Gasteiger partial charge in [-0.1, -0.05) is 27.7 Å². The zero-order valence-electron chi connectivity index (χ0n) is 18.0. The Morgan fingerprint density at radius 3 is 1.87 bits per heavy atom. The van der Waals surface area contributed by atoms with E-state index in [-0.39, 0.29) is 37.3 Å². The maximum absolute atomic E-state index is 12.7. The number of carbonyl (C=O) groups excluding carboxylic acids is 3. The topological polar surface area (TPSA) is 215 Å². The van der Waals surface area contributed by atoms with Crippen LogP contribution >= 0.6 is 0 Å². The summed E-state index contributed by atoms with van der Waals surface area (Å²) in [5.74, 6) is -3.68.